The fourth-order valence-corrected chi connectivity index (χ4v) is 6.84. The molecule has 1 aromatic carbocycles. The first-order chi connectivity index (χ1) is 15.7. The molecule has 0 spiro atoms. The van der Waals surface area contributed by atoms with Crippen molar-refractivity contribution in [3.63, 3.8) is 0 Å². The molecule has 0 amide bonds. The lowest BCUT2D eigenvalue weighted by molar-refractivity contribution is 0.102. The molecule has 1 aliphatic heterocycles. The first-order valence-corrected chi connectivity index (χ1v) is 13.4. The highest BCUT2D eigenvalue weighted by atomic mass is 32.2. The van der Waals surface area contributed by atoms with Gasteiger partial charge in [-0.05, 0) is 38.5 Å². The number of aryl methyl sites for hydroxylation is 1. The first-order valence-electron chi connectivity index (χ1n) is 10.6. The molecule has 7 nitrogen and oxygen atoms in total. The number of sulfone groups is 1. The van der Waals surface area contributed by atoms with Gasteiger partial charge in [0.15, 0.2) is 20.8 Å². The Kier molecular flexibility index (Phi) is 6.58. The molecule has 0 aliphatic carbocycles. The van der Waals surface area contributed by atoms with Crippen LogP contribution in [0.5, 0.6) is 0 Å². The number of ketones is 1. The van der Waals surface area contributed by atoms with Gasteiger partial charge in [-0.25, -0.2) is 12.8 Å². The number of halogens is 1. The number of allylic oxidation sites excluding steroid dienone is 1. The molecule has 3 heterocycles. The minimum atomic E-state index is -3.06. The number of benzene rings is 1. The van der Waals surface area contributed by atoms with Crippen molar-refractivity contribution in [2.75, 3.05) is 17.3 Å². The summed E-state index contributed by atoms with van der Waals surface area (Å²) in [5.41, 5.74) is 2.37. The van der Waals surface area contributed by atoms with E-state index in [1.807, 2.05) is 11.5 Å². The van der Waals surface area contributed by atoms with E-state index in [1.54, 1.807) is 41.8 Å². The second-order valence-electron chi connectivity index (χ2n) is 8.12. The van der Waals surface area contributed by atoms with E-state index < -0.39 is 9.84 Å². The second-order valence-corrected chi connectivity index (χ2v) is 11.3. The third-order valence-corrected chi connectivity index (χ3v) is 8.55. The van der Waals surface area contributed by atoms with E-state index in [0.717, 1.165) is 5.69 Å². The highest BCUT2D eigenvalue weighted by Gasteiger charge is 2.33. The van der Waals surface area contributed by atoms with Crippen LogP contribution < -0.4 is 0 Å². The second kappa shape index (κ2) is 9.26. The van der Waals surface area contributed by atoms with Gasteiger partial charge in [0.1, 0.15) is 11.6 Å². The molecule has 2 aromatic heterocycles. The monoisotopic (exact) mass is 488 g/mol. The number of aromatic nitrogens is 4. The molecular formula is C23H25FN4O3S2. The van der Waals surface area contributed by atoms with Crippen LogP contribution in [0.4, 0.5) is 4.39 Å². The highest BCUT2D eigenvalue weighted by molar-refractivity contribution is 7.99. The lowest BCUT2D eigenvalue weighted by Crippen LogP contribution is -2.12. The number of nitrogens with zero attached hydrogens (tertiary/aromatic N) is 4. The number of Topliss-reactive ketones (excluding diaryl/α,β-unsaturated/α-hetero) is 1. The summed E-state index contributed by atoms with van der Waals surface area (Å²) < 4.78 is 41.7. The van der Waals surface area contributed by atoms with Crippen molar-refractivity contribution in [1.29, 1.82) is 0 Å². The van der Waals surface area contributed by atoms with Gasteiger partial charge in [-0.3, -0.25) is 4.79 Å². The summed E-state index contributed by atoms with van der Waals surface area (Å²) in [5, 5.41) is 9.01. The minimum absolute atomic E-state index is 0.0634. The maximum absolute atomic E-state index is 14.3. The molecule has 0 N–H and O–H groups in total. The Balaban J connectivity index is 1.55. The number of rotatable bonds is 8. The molecule has 1 unspecified atom stereocenters. The molecule has 33 heavy (non-hydrogen) atoms. The molecule has 1 saturated heterocycles. The molecule has 0 saturated carbocycles. The SMILES string of the molecule is C=CCn1c(SCC(=O)c2cc(C)n(-c3ccccc3F)c2C)nnc1C1CCS(=O)(=O)C1. The predicted molar refractivity (Wildman–Crippen MR) is 126 cm³/mol. The molecule has 3 aromatic rings. The van der Waals surface area contributed by atoms with Crippen molar-refractivity contribution in [3.8, 4) is 5.69 Å². The number of thioether (sulfide) groups is 1. The zero-order chi connectivity index (χ0) is 23.8. The Hall–Kier alpha value is -2.72. The van der Waals surface area contributed by atoms with Crippen LogP contribution in [0.1, 0.15) is 39.9 Å². The van der Waals surface area contributed by atoms with Crippen LogP contribution in [0.3, 0.4) is 0 Å². The molecular weight excluding hydrogens is 463 g/mol. The maximum Gasteiger partial charge on any atom is 0.191 e. The van der Waals surface area contributed by atoms with E-state index in [2.05, 4.69) is 16.8 Å². The van der Waals surface area contributed by atoms with Gasteiger partial charge in [-0.2, -0.15) is 0 Å². The first kappa shape index (κ1) is 23.4. The normalized spacial score (nSPS) is 17.4. The molecule has 0 radical (unpaired) electrons. The van der Waals surface area contributed by atoms with E-state index >= 15 is 0 Å². The third-order valence-electron chi connectivity index (χ3n) is 5.81. The topological polar surface area (TPSA) is 86.8 Å². The maximum atomic E-state index is 14.3. The van der Waals surface area contributed by atoms with Crippen molar-refractivity contribution in [2.24, 2.45) is 0 Å². The van der Waals surface area contributed by atoms with Crippen molar-refractivity contribution in [1.82, 2.24) is 19.3 Å². The summed E-state index contributed by atoms with van der Waals surface area (Å²) in [6, 6.07) is 8.23. The minimum Gasteiger partial charge on any atom is -0.315 e. The lowest BCUT2D eigenvalue weighted by atomic mass is 10.1. The lowest BCUT2D eigenvalue weighted by Gasteiger charge is -2.11. The molecule has 1 fully saturated rings. The van der Waals surface area contributed by atoms with E-state index in [-0.39, 0.29) is 34.8 Å². The Morgan fingerprint density at radius 2 is 2.06 bits per heavy atom. The number of hydrogen-bond acceptors (Lipinski definition) is 6. The summed E-state index contributed by atoms with van der Waals surface area (Å²) in [7, 11) is -3.06. The van der Waals surface area contributed by atoms with Crippen molar-refractivity contribution >= 4 is 27.4 Å². The van der Waals surface area contributed by atoms with E-state index in [4.69, 9.17) is 0 Å². The summed E-state index contributed by atoms with van der Waals surface area (Å²) in [4.78, 5) is 13.1. The number of carbonyl (C=O) groups is 1. The van der Waals surface area contributed by atoms with Crippen molar-refractivity contribution in [2.45, 2.75) is 37.9 Å². The molecule has 10 heteroatoms. The predicted octanol–water partition coefficient (Wildman–Crippen LogP) is 3.89. The van der Waals surface area contributed by atoms with Gasteiger partial charge in [-0.1, -0.05) is 30.0 Å². The average molecular weight is 489 g/mol. The number of hydrogen-bond donors (Lipinski definition) is 0. The third kappa shape index (κ3) is 4.67. The number of carbonyl (C=O) groups excluding carboxylic acids is 1. The smallest absolute Gasteiger partial charge is 0.191 e. The molecule has 174 valence electrons. The van der Waals surface area contributed by atoms with Gasteiger partial charge in [0, 0.05) is 29.4 Å². The standard InChI is InChI=1S/C23H25FN4O3S2/c1-4-10-27-22(17-9-11-33(30,31)14-17)25-26-23(27)32-13-21(29)18-12-15(2)28(16(18)3)20-8-6-5-7-19(20)24/h4-8,12,17H,1,9-11,13-14H2,2-3H3. The largest absolute Gasteiger partial charge is 0.315 e. The summed E-state index contributed by atoms with van der Waals surface area (Å²) in [5.74, 6) is 0.293. The van der Waals surface area contributed by atoms with Gasteiger partial charge in [0.2, 0.25) is 0 Å². The van der Waals surface area contributed by atoms with Crippen LogP contribution in [0.25, 0.3) is 5.69 Å². The van der Waals surface area contributed by atoms with Crippen molar-refractivity contribution in [3.05, 3.63) is 71.6 Å². The fraction of sp³-hybridized carbons (Fsp3) is 0.348. The molecule has 1 aliphatic rings. The molecule has 1 atom stereocenters. The van der Waals surface area contributed by atoms with Crippen LogP contribution >= 0.6 is 11.8 Å². The zero-order valence-electron chi connectivity index (χ0n) is 18.5. The Morgan fingerprint density at radius 1 is 1.30 bits per heavy atom. The Bertz CT molecular complexity index is 1330. The summed E-state index contributed by atoms with van der Waals surface area (Å²) in [6.07, 6.45) is 2.22. The Labute approximate surface area is 196 Å². The van der Waals surface area contributed by atoms with Gasteiger partial charge >= 0.3 is 0 Å². The van der Waals surface area contributed by atoms with Gasteiger partial charge in [0.25, 0.3) is 0 Å². The van der Waals surface area contributed by atoms with E-state index in [0.29, 0.717) is 40.9 Å². The van der Waals surface area contributed by atoms with Crippen LogP contribution in [0, 0.1) is 19.7 Å². The quantitative estimate of drug-likeness (QED) is 0.272. The fourth-order valence-electron chi connectivity index (χ4n) is 4.26. The van der Waals surface area contributed by atoms with Crippen molar-refractivity contribution < 1.29 is 17.6 Å². The van der Waals surface area contributed by atoms with E-state index in [1.165, 1.54) is 17.8 Å². The highest BCUT2D eigenvalue weighted by Crippen LogP contribution is 2.31. The van der Waals surface area contributed by atoms with Crippen LogP contribution in [0.15, 0.2) is 48.1 Å². The molecule has 0 bridgehead atoms. The molecule has 4 rings (SSSR count). The van der Waals surface area contributed by atoms with Gasteiger partial charge in [0.05, 0.1) is 22.9 Å². The zero-order valence-corrected chi connectivity index (χ0v) is 20.1. The van der Waals surface area contributed by atoms with Gasteiger partial charge < -0.3 is 9.13 Å². The summed E-state index contributed by atoms with van der Waals surface area (Å²) >= 11 is 1.25. The van der Waals surface area contributed by atoms with Crippen LogP contribution in [0.2, 0.25) is 0 Å². The number of para-hydroxylation sites is 1. The van der Waals surface area contributed by atoms with E-state index in [9.17, 15) is 17.6 Å². The van der Waals surface area contributed by atoms with Crippen LogP contribution in [-0.4, -0.2) is 50.8 Å². The van der Waals surface area contributed by atoms with Crippen LogP contribution in [-0.2, 0) is 16.4 Å². The summed E-state index contributed by atoms with van der Waals surface area (Å²) in [6.45, 7) is 7.84. The average Bonchev–Trinajstić information content (AvgIpc) is 3.42. The Morgan fingerprint density at radius 3 is 2.73 bits per heavy atom. The van der Waals surface area contributed by atoms with Gasteiger partial charge in [-0.15, -0.1) is 16.8 Å².